The van der Waals surface area contributed by atoms with Gasteiger partial charge in [-0.25, -0.2) is 4.98 Å². The zero-order valence-electron chi connectivity index (χ0n) is 15.3. The Labute approximate surface area is 156 Å². The number of pyridine rings is 1. The largest absolute Gasteiger partial charge is 0.497 e. The van der Waals surface area contributed by atoms with E-state index in [1.165, 1.54) is 0 Å². The quantitative estimate of drug-likeness (QED) is 0.584. The Kier molecular flexibility index (Phi) is 4.05. The molecule has 0 radical (unpaired) electrons. The topological polar surface area (TPSA) is 71.6 Å². The van der Waals surface area contributed by atoms with E-state index in [-0.39, 0.29) is 0 Å². The van der Waals surface area contributed by atoms with Crippen molar-refractivity contribution in [3.05, 3.63) is 59.7 Å². The molecule has 0 saturated carbocycles. The zero-order chi connectivity index (χ0) is 19.0. The summed E-state index contributed by atoms with van der Waals surface area (Å²) in [7, 11) is 3.25. The molecule has 2 heterocycles. The monoisotopic (exact) mass is 358 g/mol. The van der Waals surface area contributed by atoms with Crippen LogP contribution in [0.3, 0.4) is 0 Å². The van der Waals surface area contributed by atoms with Gasteiger partial charge in [0, 0.05) is 6.07 Å². The van der Waals surface area contributed by atoms with Crippen LogP contribution in [0.25, 0.3) is 16.7 Å². The molecule has 134 valence electrons. The van der Waals surface area contributed by atoms with Crippen molar-refractivity contribution in [2.45, 2.75) is 6.92 Å². The Morgan fingerprint density at radius 3 is 2.63 bits per heavy atom. The molecule has 0 unspecified atom stereocenters. The van der Waals surface area contributed by atoms with E-state index in [2.05, 4.69) is 16.4 Å². The summed E-state index contributed by atoms with van der Waals surface area (Å²) in [5.41, 5.74) is 4.57. The number of para-hydroxylation sites is 2. The van der Waals surface area contributed by atoms with Crippen LogP contribution in [0.2, 0.25) is 0 Å². The Morgan fingerprint density at radius 2 is 1.89 bits per heavy atom. The van der Waals surface area contributed by atoms with E-state index in [4.69, 9.17) is 9.47 Å². The van der Waals surface area contributed by atoms with E-state index in [9.17, 15) is 5.26 Å². The average molecular weight is 358 g/mol. The van der Waals surface area contributed by atoms with Crippen molar-refractivity contribution in [3.8, 4) is 17.6 Å². The molecule has 2 aromatic heterocycles. The fourth-order valence-electron chi connectivity index (χ4n) is 3.24. The highest BCUT2D eigenvalue weighted by molar-refractivity contribution is 5.86. The number of methoxy groups -OCH3 is 2. The van der Waals surface area contributed by atoms with Gasteiger partial charge < -0.3 is 14.8 Å². The average Bonchev–Trinajstić information content (AvgIpc) is 3.07. The van der Waals surface area contributed by atoms with E-state index in [0.717, 1.165) is 33.9 Å². The van der Waals surface area contributed by atoms with Crippen LogP contribution in [0.15, 0.2) is 48.5 Å². The fourth-order valence-corrected chi connectivity index (χ4v) is 3.24. The number of aromatic nitrogens is 2. The lowest BCUT2D eigenvalue weighted by atomic mass is 10.1. The van der Waals surface area contributed by atoms with Crippen LogP contribution >= 0.6 is 0 Å². The fraction of sp³-hybridized carbons (Fsp3) is 0.143. The number of ether oxygens (including phenoxy) is 2. The number of benzene rings is 2. The van der Waals surface area contributed by atoms with Gasteiger partial charge >= 0.3 is 0 Å². The molecular weight excluding hydrogens is 340 g/mol. The van der Waals surface area contributed by atoms with Gasteiger partial charge in [-0.2, -0.15) is 5.26 Å². The Bertz CT molecular complexity index is 1200. The third-order valence-electron chi connectivity index (χ3n) is 4.55. The van der Waals surface area contributed by atoms with Gasteiger partial charge in [0.1, 0.15) is 23.4 Å². The van der Waals surface area contributed by atoms with E-state index >= 15 is 0 Å². The van der Waals surface area contributed by atoms with Crippen molar-refractivity contribution in [1.29, 1.82) is 5.26 Å². The summed E-state index contributed by atoms with van der Waals surface area (Å²) in [4.78, 5) is 4.67. The first-order chi connectivity index (χ1) is 13.2. The predicted octanol–water partition coefficient (Wildman–Crippen LogP) is 4.43. The van der Waals surface area contributed by atoms with Crippen LogP contribution in [0.1, 0.15) is 11.1 Å². The van der Waals surface area contributed by atoms with Gasteiger partial charge in [0.15, 0.2) is 5.65 Å². The maximum Gasteiger partial charge on any atom is 0.157 e. The SMILES string of the molecule is COc1ccc(OC)c(Nc2cc(C)c(C#N)c3nc4ccccc4n23)c1. The molecule has 1 N–H and O–H groups in total. The van der Waals surface area contributed by atoms with E-state index in [0.29, 0.717) is 17.0 Å². The number of hydrogen-bond donors (Lipinski definition) is 1. The Hall–Kier alpha value is -3.72. The number of fused-ring (bicyclic) bond motifs is 3. The predicted molar refractivity (Wildman–Crippen MR) is 105 cm³/mol. The number of anilines is 2. The van der Waals surface area contributed by atoms with Crippen molar-refractivity contribution in [1.82, 2.24) is 9.38 Å². The molecule has 2 aromatic carbocycles. The third-order valence-corrected chi connectivity index (χ3v) is 4.55. The first-order valence-corrected chi connectivity index (χ1v) is 8.46. The summed E-state index contributed by atoms with van der Waals surface area (Å²) in [6.45, 7) is 1.91. The number of imidazole rings is 1. The zero-order valence-corrected chi connectivity index (χ0v) is 15.3. The van der Waals surface area contributed by atoms with Crippen molar-refractivity contribution in [2.24, 2.45) is 0 Å². The molecule has 4 rings (SSSR count). The minimum absolute atomic E-state index is 0.564. The number of nitrogens with one attached hydrogen (secondary N) is 1. The van der Waals surface area contributed by atoms with Crippen molar-refractivity contribution in [3.63, 3.8) is 0 Å². The summed E-state index contributed by atoms with van der Waals surface area (Å²) >= 11 is 0. The summed E-state index contributed by atoms with van der Waals surface area (Å²) in [5.74, 6) is 2.20. The molecule has 0 fully saturated rings. The van der Waals surface area contributed by atoms with Crippen molar-refractivity contribution in [2.75, 3.05) is 19.5 Å². The highest BCUT2D eigenvalue weighted by Gasteiger charge is 2.16. The normalized spacial score (nSPS) is 10.7. The second-order valence-electron chi connectivity index (χ2n) is 6.15. The molecule has 0 saturated heterocycles. The smallest absolute Gasteiger partial charge is 0.157 e. The van der Waals surface area contributed by atoms with Crippen LogP contribution in [0.4, 0.5) is 11.5 Å². The molecule has 0 aliphatic carbocycles. The van der Waals surface area contributed by atoms with E-state index in [1.807, 2.05) is 59.9 Å². The molecule has 6 nitrogen and oxygen atoms in total. The second-order valence-corrected chi connectivity index (χ2v) is 6.15. The van der Waals surface area contributed by atoms with Gasteiger partial charge in [0.05, 0.1) is 36.5 Å². The highest BCUT2D eigenvalue weighted by atomic mass is 16.5. The molecule has 6 heteroatoms. The Balaban J connectivity index is 1.99. The second kappa shape index (κ2) is 6.54. The van der Waals surface area contributed by atoms with Crippen molar-refractivity contribution >= 4 is 28.2 Å². The molecule has 0 amide bonds. The molecule has 4 aromatic rings. The van der Waals surface area contributed by atoms with Crippen LogP contribution in [0, 0.1) is 18.3 Å². The van der Waals surface area contributed by atoms with E-state index < -0.39 is 0 Å². The number of rotatable bonds is 4. The standard InChI is InChI=1S/C21H18N4O2/c1-13-10-20(23-17-11-14(26-2)8-9-19(17)27-3)25-18-7-5-4-6-16(18)24-21(25)15(13)12-22/h4-11,23H,1-3H3. The first-order valence-electron chi connectivity index (χ1n) is 8.46. The Morgan fingerprint density at radius 1 is 1.07 bits per heavy atom. The molecule has 0 spiro atoms. The number of nitrogens with zero attached hydrogens (tertiary/aromatic N) is 3. The molecule has 0 atom stereocenters. The van der Waals surface area contributed by atoms with Gasteiger partial charge in [-0.1, -0.05) is 12.1 Å². The number of nitriles is 1. The van der Waals surface area contributed by atoms with Crippen LogP contribution < -0.4 is 14.8 Å². The summed E-state index contributed by atoms with van der Waals surface area (Å²) in [6.07, 6.45) is 0. The molecule has 0 aliphatic heterocycles. The summed E-state index contributed by atoms with van der Waals surface area (Å²) < 4.78 is 12.8. The van der Waals surface area contributed by atoms with E-state index in [1.54, 1.807) is 14.2 Å². The molecular formula is C21H18N4O2. The number of aryl methyl sites for hydroxylation is 1. The van der Waals surface area contributed by atoms with Gasteiger partial charge in [0.25, 0.3) is 0 Å². The lowest BCUT2D eigenvalue weighted by Gasteiger charge is -2.15. The van der Waals surface area contributed by atoms with Crippen molar-refractivity contribution < 1.29 is 9.47 Å². The van der Waals surface area contributed by atoms with Crippen LogP contribution in [0.5, 0.6) is 11.5 Å². The van der Waals surface area contributed by atoms with Gasteiger partial charge in [-0.05, 0) is 42.8 Å². The third kappa shape index (κ3) is 2.70. The van der Waals surface area contributed by atoms with Gasteiger partial charge in [-0.15, -0.1) is 0 Å². The highest BCUT2D eigenvalue weighted by Crippen LogP contribution is 2.34. The first kappa shape index (κ1) is 16.7. The van der Waals surface area contributed by atoms with Crippen LogP contribution in [-0.4, -0.2) is 23.6 Å². The van der Waals surface area contributed by atoms with Gasteiger partial charge in [0.2, 0.25) is 0 Å². The van der Waals surface area contributed by atoms with Crippen LogP contribution in [-0.2, 0) is 0 Å². The summed E-state index contributed by atoms with van der Waals surface area (Å²) in [5, 5.41) is 13.0. The van der Waals surface area contributed by atoms with Gasteiger partial charge in [-0.3, -0.25) is 4.40 Å². The minimum Gasteiger partial charge on any atom is -0.497 e. The molecule has 0 bridgehead atoms. The maximum atomic E-state index is 9.61. The molecule has 27 heavy (non-hydrogen) atoms. The minimum atomic E-state index is 0.564. The lowest BCUT2D eigenvalue weighted by Crippen LogP contribution is -2.03. The maximum absolute atomic E-state index is 9.61. The molecule has 0 aliphatic rings. The summed E-state index contributed by atoms with van der Waals surface area (Å²) in [6, 6.07) is 17.6. The lowest BCUT2D eigenvalue weighted by molar-refractivity contribution is 0.405. The number of hydrogen-bond acceptors (Lipinski definition) is 5.